The highest BCUT2D eigenvalue weighted by Gasteiger charge is 2.18. The summed E-state index contributed by atoms with van der Waals surface area (Å²) in [6, 6.07) is 6.38. The summed E-state index contributed by atoms with van der Waals surface area (Å²) in [4.78, 5) is 11.7. The predicted octanol–water partition coefficient (Wildman–Crippen LogP) is 2.16. The molecule has 1 aliphatic rings. The maximum Gasteiger partial charge on any atom is 0.241 e. The molecule has 1 N–H and O–H groups in total. The number of carbonyl (C=O) groups excluding carboxylic acids is 1. The molecule has 0 spiro atoms. The first-order chi connectivity index (χ1) is 9.22. The lowest BCUT2D eigenvalue weighted by Crippen LogP contribution is -2.47. The first kappa shape index (κ1) is 14.0. The number of amides is 1. The molecule has 0 unspecified atom stereocenters. The molecular formula is C15H22N2O2. The minimum Gasteiger partial charge on any atom is -0.359 e. The molecule has 0 aromatic heterocycles. The van der Waals surface area contributed by atoms with Gasteiger partial charge in [-0.05, 0) is 30.0 Å². The zero-order chi connectivity index (χ0) is 13.7. The van der Waals surface area contributed by atoms with Gasteiger partial charge in [0.1, 0.15) is 6.73 Å². The molecule has 0 bridgehead atoms. The maximum absolute atomic E-state index is 11.7. The zero-order valence-electron chi connectivity index (χ0n) is 11.7. The molecule has 1 saturated heterocycles. The van der Waals surface area contributed by atoms with Crippen LogP contribution in [-0.2, 0) is 22.5 Å². The molecule has 1 amide bonds. The summed E-state index contributed by atoms with van der Waals surface area (Å²) in [5.41, 5.74) is 7.11. The van der Waals surface area contributed by atoms with Crippen LogP contribution in [0.15, 0.2) is 18.2 Å². The molecule has 4 heteroatoms. The van der Waals surface area contributed by atoms with E-state index < -0.39 is 0 Å². The smallest absolute Gasteiger partial charge is 0.241 e. The SMILES string of the molecule is CCCc1cccc(C)c1CNN1COCCC1=O. The van der Waals surface area contributed by atoms with Crippen LogP contribution in [0.5, 0.6) is 0 Å². The summed E-state index contributed by atoms with van der Waals surface area (Å²) in [6.45, 7) is 5.85. The van der Waals surface area contributed by atoms with Gasteiger partial charge in [-0.3, -0.25) is 9.80 Å². The van der Waals surface area contributed by atoms with E-state index in [0.29, 0.717) is 26.3 Å². The number of hydrazine groups is 1. The zero-order valence-corrected chi connectivity index (χ0v) is 11.7. The van der Waals surface area contributed by atoms with Gasteiger partial charge in [0.25, 0.3) is 0 Å². The highest BCUT2D eigenvalue weighted by Crippen LogP contribution is 2.16. The van der Waals surface area contributed by atoms with Crippen LogP contribution in [-0.4, -0.2) is 24.3 Å². The Hall–Kier alpha value is -1.39. The first-order valence-corrected chi connectivity index (χ1v) is 6.91. The van der Waals surface area contributed by atoms with Crippen LogP contribution in [0.3, 0.4) is 0 Å². The molecule has 0 radical (unpaired) electrons. The van der Waals surface area contributed by atoms with Crippen LogP contribution in [0, 0.1) is 6.92 Å². The quantitative estimate of drug-likeness (QED) is 0.884. The number of nitrogens with zero attached hydrogens (tertiary/aromatic N) is 1. The second kappa shape index (κ2) is 6.68. The fourth-order valence-corrected chi connectivity index (χ4v) is 2.35. The van der Waals surface area contributed by atoms with Crippen LogP contribution >= 0.6 is 0 Å². The summed E-state index contributed by atoms with van der Waals surface area (Å²) in [5.74, 6) is 0.108. The van der Waals surface area contributed by atoms with Gasteiger partial charge in [-0.2, -0.15) is 0 Å². The molecule has 0 aliphatic carbocycles. The van der Waals surface area contributed by atoms with E-state index in [4.69, 9.17) is 4.74 Å². The number of carbonyl (C=O) groups is 1. The molecule has 0 saturated carbocycles. The van der Waals surface area contributed by atoms with E-state index in [9.17, 15) is 4.79 Å². The summed E-state index contributed by atoms with van der Waals surface area (Å²) in [5, 5.41) is 1.58. The van der Waals surface area contributed by atoms with Crippen molar-refractivity contribution in [1.29, 1.82) is 0 Å². The van der Waals surface area contributed by atoms with Crippen LogP contribution in [0.25, 0.3) is 0 Å². The molecule has 104 valence electrons. The van der Waals surface area contributed by atoms with Crippen molar-refractivity contribution in [2.75, 3.05) is 13.3 Å². The molecule has 1 heterocycles. The van der Waals surface area contributed by atoms with Crippen LogP contribution in [0.4, 0.5) is 0 Å². The van der Waals surface area contributed by atoms with E-state index in [0.717, 1.165) is 12.8 Å². The van der Waals surface area contributed by atoms with Crippen molar-refractivity contribution in [2.24, 2.45) is 0 Å². The highest BCUT2D eigenvalue weighted by molar-refractivity contribution is 5.76. The summed E-state index contributed by atoms with van der Waals surface area (Å²) in [6.07, 6.45) is 2.66. The lowest BCUT2D eigenvalue weighted by atomic mass is 9.99. The van der Waals surface area contributed by atoms with Gasteiger partial charge in [-0.1, -0.05) is 31.5 Å². The van der Waals surface area contributed by atoms with Gasteiger partial charge < -0.3 is 4.74 Å². The lowest BCUT2D eigenvalue weighted by molar-refractivity contribution is -0.151. The van der Waals surface area contributed by atoms with Gasteiger partial charge in [0.15, 0.2) is 0 Å². The number of aryl methyl sites for hydroxylation is 2. The molecule has 1 aromatic carbocycles. The fourth-order valence-electron chi connectivity index (χ4n) is 2.35. The van der Waals surface area contributed by atoms with Gasteiger partial charge in [0, 0.05) is 6.54 Å². The number of rotatable bonds is 5. The number of ether oxygens (including phenoxy) is 1. The molecule has 1 aromatic rings. The third-order valence-electron chi connectivity index (χ3n) is 3.45. The van der Waals surface area contributed by atoms with E-state index in [1.54, 1.807) is 5.01 Å². The summed E-state index contributed by atoms with van der Waals surface area (Å²) in [7, 11) is 0. The minimum absolute atomic E-state index is 0.108. The number of nitrogens with one attached hydrogen (secondary N) is 1. The largest absolute Gasteiger partial charge is 0.359 e. The second-order valence-electron chi connectivity index (χ2n) is 4.91. The van der Waals surface area contributed by atoms with Gasteiger partial charge in [0.05, 0.1) is 13.0 Å². The Morgan fingerprint density at radius 3 is 3.00 bits per heavy atom. The first-order valence-electron chi connectivity index (χ1n) is 6.91. The molecular weight excluding hydrogens is 240 g/mol. The third-order valence-corrected chi connectivity index (χ3v) is 3.45. The molecule has 4 nitrogen and oxygen atoms in total. The van der Waals surface area contributed by atoms with Crippen molar-refractivity contribution in [3.8, 4) is 0 Å². The average molecular weight is 262 g/mol. The Bertz CT molecular complexity index is 446. The average Bonchev–Trinajstić information content (AvgIpc) is 2.40. The van der Waals surface area contributed by atoms with E-state index in [1.165, 1.54) is 16.7 Å². The molecule has 1 aliphatic heterocycles. The standard InChI is InChI=1S/C15H22N2O2/c1-3-5-13-7-4-6-12(2)14(13)10-16-17-11-19-9-8-15(17)18/h4,6-7,16H,3,5,8-11H2,1-2H3. The van der Waals surface area contributed by atoms with Crippen LogP contribution < -0.4 is 5.43 Å². The minimum atomic E-state index is 0.108. The van der Waals surface area contributed by atoms with Crippen molar-refractivity contribution in [2.45, 2.75) is 39.7 Å². The van der Waals surface area contributed by atoms with Crippen molar-refractivity contribution < 1.29 is 9.53 Å². The number of hydrogen-bond donors (Lipinski definition) is 1. The van der Waals surface area contributed by atoms with E-state index in [1.807, 2.05) is 0 Å². The Balaban J connectivity index is 2.03. The summed E-state index contributed by atoms with van der Waals surface area (Å²) < 4.78 is 5.29. The van der Waals surface area contributed by atoms with E-state index in [-0.39, 0.29) is 5.91 Å². The molecule has 19 heavy (non-hydrogen) atoms. The Labute approximate surface area is 114 Å². The van der Waals surface area contributed by atoms with Crippen molar-refractivity contribution in [3.05, 3.63) is 34.9 Å². The van der Waals surface area contributed by atoms with E-state index in [2.05, 4.69) is 37.5 Å². The Morgan fingerprint density at radius 2 is 2.26 bits per heavy atom. The Morgan fingerprint density at radius 1 is 1.42 bits per heavy atom. The summed E-state index contributed by atoms with van der Waals surface area (Å²) >= 11 is 0. The van der Waals surface area contributed by atoms with Gasteiger partial charge in [0.2, 0.25) is 5.91 Å². The van der Waals surface area contributed by atoms with Crippen molar-refractivity contribution >= 4 is 5.91 Å². The van der Waals surface area contributed by atoms with Gasteiger partial charge in [-0.25, -0.2) is 5.43 Å². The van der Waals surface area contributed by atoms with Crippen molar-refractivity contribution in [3.63, 3.8) is 0 Å². The lowest BCUT2D eigenvalue weighted by Gasteiger charge is -2.27. The maximum atomic E-state index is 11.7. The topological polar surface area (TPSA) is 41.6 Å². The van der Waals surface area contributed by atoms with E-state index >= 15 is 0 Å². The molecule has 0 atom stereocenters. The van der Waals surface area contributed by atoms with Gasteiger partial charge in [-0.15, -0.1) is 0 Å². The normalized spacial score (nSPS) is 15.9. The predicted molar refractivity (Wildman–Crippen MR) is 74.3 cm³/mol. The van der Waals surface area contributed by atoms with Gasteiger partial charge >= 0.3 is 0 Å². The highest BCUT2D eigenvalue weighted by atomic mass is 16.5. The van der Waals surface area contributed by atoms with Crippen LogP contribution in [0.2, 0.25) is 0 Å². The Kier molecular flexibility index (Phi) is 4.93. The van der Waals surface area contributed by atoms with Crippen LogP contribution in [0.1, 0.15) is 36.5 Å². The number of hydrogen-bond acceptors (Lipinski definition) is 3. The van der Waals surface area contributed by atoms with Crippen molar-refractivity contribution in [1.82, 2.24) is 10.4 Å². The molecule has 1 fully saturated rings. The third kappa shape index (κ3) is 3.55. The fraction of sp³-hybridized carbons (Fsp3) is 0.533. The molecule has 2 rings (SSSR count). The second-order valence-corrected chi connectivity index (χ2v) is 4.91. The number of benzene rings is 1. The monoisotopic (exact) mass is 262 g/mol.